The standard InChI is InChI=1S/C21H22/c1-2-10-17-15-9-16-20(17)21(18-11-5-3-6-12-18)19-13-7-4-8-14-19/h3-8,11-16,21H,2,9-10H2,1H3. The Balaban J connectivity index is 2.04. The number of hydrogen-bond donors (Lipinski definition) is 0. The van der Waals surface area contributed by atoms with Crippen molar-refractivity contribution in [2.45, 2.75) is 32.1 Å². The first-order chi connectivity index (χ1) is 10.4. The van der Waals surface area contributed by atoms with Gasteiger partial charge in [0.25, 0.3) is 0 Å². The molecule has 0 radical (unpaired) electrons. The molecule has 0 saturated carbocycles. The molecule has 0 N–H and O–H groups in total. The predicted octanol–water partition coefficient (Wildman–Crippen LogP) is 5.88. The zero-order chi connectivity index (χ0) is 14.5. The van der Waals surface area contributed by atoms with Crippen LogP contribution in [0.5, 0.6) is 0 Å². The minimum Gasteiger partial charge on any atom is -0.0772 e. The molecule has 0 nitrogen and oxygen atoms in total. The molecule has 21 heavy (non-hydrogen) atoms. The molecule has 1 aliphatic carbocycles. The molecule has 0 atom stereocenters. The maximum atomic E-state index is 2.41. The van der Waals surface area contributed by atoms with E-state index in [1.54, 1.807) is 0 Å². The Morgan fingerprint density at radius 3 is 1.90 bits per heavy atom. The first-order valence-electron chi connectivity index (χ1n) is 7.89. The second kappa shape index (κ2) is 6.58. The zero-order valence-corrected chi connectivity index (χ0v) is 12.6. The Bertz CT molecular complexity index is 593. The maximum Gasteiger partial charge on any atom is 0.0339 e. The smallest absolute Gasteiger partial charge is 0.0339 e. The highest BCUT2D eigenvalue weighted by Crippen LogP contribution is 2.39. The average molecular weight is 274 g/mol. The molecule has 0 heterocycles. The van der Waals surface area contributed by atoms with E-state index < -0.39 is 0 Å². The van der Waals surface area contributed by atoms with Gasteiger partial charge >= 0.3 is 0 Å². The van der Waals surface area contributed by atoms with Gasteiger partial charge in [0.15, 0.2) is 0 Å². The molecular formula is C21H22. The molecule has 3 rings (SSSR count). The molecule has 0 aromatic heterocycles. The third-order valence-corrected chi connectivity index (χ3v) is 4.17. The Hall–Kier alpha value is -2.08. The SMILES string of the molecule is CCCC1=CCC=C1C(c1ccccc1)c1ccccc1. The normalized spacial score (nSPS) is 14.2. The lowest BCUT2D eigenvalue weighted by molar-refractivity contribution is 0.869. The van der Waals surface area contributed by atoms with Crippen molar-refractivity contribution in [1.82, 2.24) is 0 Å². The van der Waals surface area contributed by atoms with Gasteiger partial charge in [-0.3, -0.25) is 0 Å². The predicted molar refractivity (Wildman–Crippen MR) is 90.4 cm³/mol. The van der Waals surface area contributed by atoms with Crippen LogP contribution in [0.2, 0.25) is 0 Å². The van der Waals surface area contributed by atoms with Crippen molar-refractivity contribution in [3.8, 4) is 0 Å². The van der Waals surface area contributed by atoms with E-state index in [-0.39, 0.29) is 0 Å². The van der Waals surface area contributed by atoms with Gasteiger partial charge in [0.2, 0.25) is 0 Å². The molecule has 0 fully saturated rings. The Morgan fingerprint density at radius 1 is 0.810 bits per heavy atom. The molecule has 0 aliphatic heterocycles. The maximum absolute atomic E-state index is 2.41. The lowest BCUT2D eigenvalue weighted by Crippen LogP contribution is -2.06. The van der Waals surface area contributed by atoms with E-state index in [4.69, 9.17) is 0 Å². The van der Waals surface area contributed by atoms with E-state index in [9.17, 15) is 0 Å². The summed E-state index contributed by atoms with van der Waals surface area (Å²) in [5.74, 6) is 0.368. The highest BCUT2D eigenvalue weighted by molar-refractivity contribution is 5.51. The molecule has 0 spiro atoms. The van der Waals surface area contributed by atoms with Crippen molar-refractivity contribution in [2.24, 2.45) is 0 Å². The number of rotatable bonds is 5. The summed E-state index contributed by atoms with van der Waals surface area (Å²) in [5.41, 5.74) is 5.82. The van der Waals surface area contributed by atoms with Crippen LogP contribution in [0.4, 0.5) is 0 Å². The van der Waals surface area contributed by atoms with Crippen LogP contribution in [0, 0.1) is 0 Å². The van der Waals surface area contributed by atoms with Gasteiger partial charge in [-0.05, 0) is 35.1 Å². The van der Waals surface area contributed by atoms with Gasteiger partial charge in [-0.1, -0.05) is 86.2 Å². The average Bonchev–Trinajstić information content (AvgIpc) is 2.98. The summed E-state index contributed by atoms with van der Waals surface area (Å²) in [6.45, 7) is 2.26. The third-order valence-electron chi connectivity index (χ3n) is 4.17. The van der Waals surface area contributed by atoms with E-state index in [0.29, 0.717) is 5.92 Å². The Morgan fingerprint density at radius 2 is 1.38 bits per heavy atom. The fourth-order valence-electron chi connectivity index (χ4n) is 3.24. The highest BCUT2D eigenvalue weighted by atomic mass is 14.3. The molecule has 0 unspecified atom stereocenters. The zero-order valence-electron chi connectivity index (χ0n) is 12.6. The van der Waals surface area contributed by atoms with Crippen LogP contribution in [0.3, 0.4) is 0 Å². The fraction of sp³-hybridized carbons (Fsp3) is 0.238. The van der Waals surface area contributed by atoms with Crippen LogP contribution in [0.15, 0.2) is 84.0 Å². The lowest BCUT2D eigenvalue weighted by atomic mass is 9.81. The summed E-state index contributed by atoms with van der Waals surface area (Å²) < 4.78 is 0. The second-order valence-corrected chi connectivity index (χ2v) is 5.63. The van der Waals surface area contributed by atoms with Crippen LogP contribution in [-0.4, -0.2) is 0 Å². The molecule has 2 aromatic rings. The van der Waals surface area contributed by atoms with Gasteiger partial charge in [-0.2, -0.15) is 0 Å². The summed E-state index contributed by atoms with van der Waals surface area (Å²) in [5, 5.41) is 0. The highest BCUT2D eigenvalue weighted by Gasteiger charge is 2.22. The van der Waals surface area contributed by atoms with Crippen LogP contribution in [0.25, 0.3) is 0 Å². The van der Waals surface area contributed by atoms with Crippen molar-refractivity contribution >= 4 is 0 Å². The summed E-state index contributed by atoms with van der Waals surface area (Å²) >= 11 is 0. The largest absolute Gasteiger partial charge is 0.0772 e. The van der Waals surface area contributed by atoms with Crippen LogP contribution >= 0.6 is 0 Å². The quantitative estimate of drug-likeness (QED) is 0.639. The van der Waals surface area contributed by atoms with Crippen molar-refractivity contribution in [3.05, 3.63) is 95.1 Å². The molecule has 2 aromatic carbocycles. The topological polar surface area (TPSA) is 0 Å². The minimum absolute atomic E-state index is 0.368. The second-order valence-electron chi connectivity index (χ2n) is 5.63. The molecule has 1 aliphatic rings. The van der Waals surface area contributed by atoms with E-state index in [2.05, 4.69) is 79.7 Å². The van der Waals surface area contributed by atoms with E-state index in [0.717, 1.165) is 6.42 Å². The Kier molecular flexibility index (Phi) is 4.35. The van der Waals surface area contributed by atoms with Crippen molar-refractivity contribution in [3.63, 3.8) is 0 Å². The van der Waals surface area contributed by atoms with Crippen LogP contribution < -0.4 is 0 Å². The van der Waals surface area contributed by atoms with Gasteiger partial charge in [0, 0.05) is 5.92 Å². The number of hydrogen-bond acceptors (Lipinski definition) is 0. The summed E-state index contributed by atoms with van der Waals surface area (Å²) in [7, 11) is 0. The van der Waals surface area contributed by atoms with Crippen LogP contribution in [-0.2, 0) is 0 Å². The van der Waals surface area contributed by atoms with Gasteiger partial charge in [0.05, 0.1) is 0 Å². The van der Waals surface area contributed by atoms with Gasteiger partial charge < -0.3 is 0 Å². The molecular weight excluding hydrogens is 252 g/mol. The summed E-state index contributed by atoms with van der Waals surface area (Å²) in [6.07, 6.45) is 8.29. The van der Waals surface area contributed by atoms with Gasteiger partial charge in [-0.25, -0.2) is 0 Å². The van der Waals surface area contributed by atoms with E-state index in [1.807, 2.05) is 0 Å². The first-order valence-corrected chi connectivity index (χ1v) is 7.89. The van der Waals surface area contributed by atoms with Crippen molar-refractivity contribution < 1.29 is 0 Å². The van der Waals surface area contributed by atoms with Crippen molar-refractivity contribution in [1.29, 1.82) is 0 Å². The van der Waals surface area contributed by atoms with E-state index in [1.165, 1.54) is 35.1 Å². The first kappa shape index (κ1) is 13.9. The lowest BCUT2D eigenvalue weighted by Gasteiger charge is -2.22. The molecule has 0 heteroatoms. The summed E-state index contributed by atoms with van der Waals surface area (Å²) in [4.78, 5) is 0. The monoisotopic (exact) mass is 274 g/mol. The fourth-order valence-corrected chi connectivity index (χ4v) is 3.24. The van der Waals surface area contributed by atoms with Gasteiger partial charge in [-0.15, -0.1) is 0 Å². The van der Waals surface area contributed by atoms with Gasteiger partial charge in [0.1, 0.15) is 0 Å². The molecule has 0 bridgehead atoms. The van der Waals surface area contributed by atoms with Crippen molar-refractivity contribution in [2.75, 3.05) is 0 Å². The van der Waals surface area contributed by atoms with Crippen LogP contribution in [0.1, 0.15) is 43.2 Å². The molecule has 0 saturated heterocycles. The summed E-state index contributed by atoms with van der Waals surface area (Å²) in [6, 6.07) is 21.8. The Labute approximate surface area is 127 Å². The van der Waals surface area contributed by atoms with E-state index >= 15 is 0 Å². The number of benzene rings is 2. The third kappa shape index (κ3) is 3.00. The molecule has 0 amide bonds. The number of allylic oxidation sites excluding steroid dienone is 4. The minimum atomic E-state index is 0.368. The molecule has 106 valence electrons.